The molecular formula is C40H49BN2O5. The van der Waals surface area contributed by atoms with Gasteiger partial charge in [0, 0.05) is 45.7 Å². The lowest BCUT2D eigenvalue weighted by Crippen LogP contribution is -2.48. The summed E-state index contributed by atoms with van der Waals surface area (Å²) < 4.78 is 8.20. The molecule has 0 aliphatic carbocycles. The average molecular weight is 649 g/mol. The molecule has 0 bridgehead atoms. The van der Waals surface area contributed by atoms with Crippen LogP contribution in [-0.4, -0.2) is 27.1 Å². The van der Waals surface area contributed by atoms with E-state index in [-0.39, 0.29) is 12.0 Å². The molecule has 7 nitrogen and oxygen atoms in total. The van der Waals surface area contributed by atoms with Gasteiger partial charge in [0.2, 0.25) is 24.8 Å². The van der Waals surface area contributed by atoms with Gasteiger partial charge in [0.25, 0.3) is 0 Å². The largest absolute Gasteiger partial charge is 0.871 e. The van der Waals surface area contributed by atoms with Crippen LogP contribution >= 0.6 is 0 Å². The number of nitrogens with zero attached hydrogens (tertiary/aromatic N) is 2. The smallest absolute Gasteiger partial charge is 0.222 e. The van der Waals surface area contributed by atoms with Crippen LogP contribution in [0.2, 0.25) is 0 Å². The van der Waals surface area contributed by atoms with Gasteiger partial charge in [-0.1, -0.05) is 130 Å². The molecule has 3 aromatic carbocycles. The van der Waals surface area contributed by atoms with Gasteiger partial charge in [-0.3, -0.25) is 9.68 Å². The lowest BCUT2D eigenvalue weighted by atomic mass is 9.67. The quantitative estimate of drug-likeness (QED) is 0.0657. The molecule has 0 saturated carbocycles. The molecule has 252 valence electrons. The molecule has 5 aromatic rings. The maximum atomic E-state index is 10.7. The van der Waals surface area contributed by atoms with E-state index in [1.807, 2.05) is 116 Å². The summed E-state index contributed by atoms with van der Waals surface area (Å²) in [5.74, 6) is 0. The molecule has 2 heterocycles. The molecule has 0 saturated heterocycles. The van der Waals surface area contributed by atoms with Crippen LogP contribution in [0.4, 0.5) is 0 Å². The minimum atomic E-state index is -2.23. The van der Waals surface area contributed by atoms with Gasteiger partial charge in [-0.2, -0.15) is 0 Å². The van der Waals surface area contributed by atoms with Crippen molar-refractivity contribution < 1.29 is 33.8 Å². The summed E-state index contributed by atoms with van der Waals surface area (Å²) in [7, 11) is -2.23. The Morgan fingerprint density at radius 2 is 0.854 bits per heavy atom. The van der Waals surface area contributed by atoms with Crippen molar-refractivity contribution in [3.63, 3.8) is 0 Å². The molecule has 0 aliphatic heterocycles. The molecule has 48 heavy (non-hydrogen) atoms. The maximum absolute atomic E-state index is 10.7. The Morgan fingerprint density at radius 1 is 0.500 bits per heavy atom. The lowest BCUT2D eigenvalue weighted by molar-refractivity contribution is -0.891. The molecule has 0 unspecified atom stereocenters. The van der Waals surface area contributed by atoms with E-state index in [0.29, 0.717) is 6.42 Å². The van der Waals surface area contributed by atoms with Crippen LogP contribution in [0.25, 0.3) is 0 Å². The Balaban J connectivity index is 0.000000233. The second-order valence-electron chi connectivity index (χ2n) is 11.1. The fraction of sp³-hybridized carbons (Fsp3) is 0.300. The molecule has 2 aromatic heterocycles. The van der Waals surface area contributed by atoms with E-state index in [2.05, 4.69) is 50.2 Å². The van der Waals surface area contributed by atoms with Crippen LogP contribution in [-0.2, 0) is 10.1 Å². The number of aromatic nitrogens is 2. The van der Waals surface area contributed by atoms with Crippen molar-refractivity contribution in [3.05, 3.63) is 169 Å². The Labute approximate surface area is 287 Å². The molecular weight excluding hydrogens is 599 g/mol. The number of pyridine rings is 2. The highest BCUT2D eigenvalue weighted by atomic mass is 16.7. The third-order valence-corrected chi connectivity index (χ3v) is 7.60. The first kappa shape index (κ1) is 38.0. The summed E-state index contributed by atoms with van der Waals surface area (Å²) in [5, 5.41) is 21.4. The highest BCUT2D eigenvalue weighted by molar-refractivity contribution is 6.28. The standard InChI is InChI=1S/C22H21BO3.2C9H14NO/c24-23(25)26-18-10-17-22(19-11-4-1-5-12-19,20-13-6-2-7-14-20)21-15-8-3-9-16-21;2*1-2-3-9-11-10-7-5-4-6-8-10/h1-9,11-16H,10,17-18H2;2*4-8H,2-3,9H2,1H3/q-2;2*+1. The van der Waals surface area contributed by atoms with Gasteiger partial charge >= 0.3 is 0 Å². The molecule has 0 amide bonds. The number of rotatable bonds is 16. The molecule has 0 N–H and O–H groups in total. The molecule has 0 radical (unpaired) electrons. The van der Waals surface area contributed by atoms with E-state index in [4.69, 9.17) is 14.3 Å². The first-order chi connectivity index (χ1) is 23.6. The van der Waals surface area contributed by atoms with E-state index in [1.165, 1.54) is 29.5 Å². The summed E-state index contributed by atoms with van der Waals surface area (Å²) >= 11 is 0. The van der Waals surface area contributed by atoms with Gasteiger partial charge in [-0.25, -0.2) is 0 Å². The lowest BCUT2D eigenvalue weighted by Gasteiger charge is -2.37. The summed E-state index contributed by atoms with van der Waals surface area (Å²) in [4.78, 5) is 10.7. The number of benzene rings is 3. The van der Waals surface area contributed by atoms with Gasteiger partial charge in [0.15, 0.2) is 13.2 Å². The van der Waals surface area contributed by atoms with Crippen LogP contribution in [0.3, 0.4) is 0 Å². The minimum absolute atomic E-state index is 0.159. The highest BCUT2D eigenvalue weighted by Gasteiger charge is 2.35. The van der Waals surface area contributed by atoms with Crippen LogP contribution in [0.5, 0.6) is 0 Å². The second kappa shape index (κ2) is 22.9. The topological polar surface area (TPSA) is 81.6 Å². The molecule has 8 heteroatoms. The summed E-state index contributed by atoms with van der Waals surface area (Å²) in [6, 6.07) is 42.8. The van der Waals surface area contributed by atoms with Crippen molar-refractivity contribution in [2.75, 3.05) is 19.8 Å². The van der Waals surface area contributed by atoms with Crippen LogP contribution in [0, 0.1) is 0 Å². The number of hydrogen-bond donors (Lipinski definition) is 0. The summed E-state index contributed by atoms with van der Waals surface area (Å²) in [6.07, 6.45) is 13.5. The van der Waals surface area contributed by atoms with Crippen LogP contribution in [0.1, 0.15) is 69.1 Å². The molecule has 0 spiro atoms. The van der Waals surface area contributed by atoms with E-state index in [0.717, 1.165) is 32.5 Å². The van der Waals surface area contributed by atoms with Crippen molar-refractivity contribution in [3.8, 4) is 0 Å². The molecule has 0 fully saturated rings. The third kappa shape index (κ3) is 13.3. The van der Waals surface area contributed by atoms with Gasteiger partial charge < -0.3 is 14.7 Å². The predicted molar refractivity (Wildman–Crippen MR) is 186 cm³/mol. The Hall–Kier alpha value is -4.50. The van der Waals surface area contributed by atoms with Crippen molar-refractivity contribution in [1.29, 1.82) is 0 Å². The Kier molecular flexibility index (Phi) is 18.1. The van der Waals surface area contributed by atoms with Crippen LogP contribution < -0.4 is 29.2 Å². The fourth-order valence-corrected chi connectivity index (χ4v) is 5.18. The predicted octanol–water partition coefficient (Wildman–Crippen LogP) is 4.93. The summed E-state index contributed by atoms with van der Waals surface area (Å²) in [5.41, 5.74) is 3.17. The van der Waals surface area contributed by atoms with Crippen molar-refractivity contribution in [2.24, 2.45) is 0 Å². The maximum Gasteiger partial charge on any atom is 0.222 e. The minimum Gasteiger partial charge on any atom is -0.871 e. The monoisotopic (exact) mass is 648 g/mol. The van der Waals surface area contributed by atoms with Gasteiger partial charge in [0.1, 0.15) is 0 Å². The van der Waals surface area contributed by atoms with Crippen molar-refractivity contribution in [1.82, 2.24) is 0 Å². The Bertz CT molecular complexity index is 1320. The van der Waals surface area contributed by atoms with Gasteiger partial charge in [-0.15, -0.1) is 0 Å². The zero-order valence-electron chi connectivity index (χ0n) is 28.3. The van der Waals surface area contributed by atoms with Crippen molar-refractivity contribution in [2.45, 2.75) is 57.8 Å². The van der Waals surface area contributed by atoms with E-state index in [1.54, 1.807) is 9.46 Å². The molecule has 0 aliphatic rings. The average Bonchev–Trinajstić information content (AvgIpc) is 3.14. The van der Waals surface area contributed by atoms with E-state index >= 15 is 0 Å². The SMILES string of the molecule is CCCCO[n+]1ccccc1.CCCCO[n+]1ccccc1.[O-]B([O-])OCCCC(c1ccccc1)(c1ccccc1)c1ccccc1. The Morgan fingerprint density at radius 3 is 1.19 bits per heavy atom. The van der Waals surface area contributed by atoms with E-state index in [9.17, 15) is 10.0 Å². The fourth-order valence-electron chi connectivity index (χ4n) is 5.18. The van der Waals surface area contributed by atoms with Crippen molar-refractivity contribution >= 4 is 7.32 Å². The first-order valence-electron chi connectivity index (χ1n) is 16.9. The number of unbranched alkanes of at least 4 members (excludes halogenated alkanes) is 2. The normalized spacial score (nSPS) is 10.5. The third-order valence-electron chi connectivity index (χ3n) is 7.60. The number of hydrogen-bond acceptors (Lipinski definition) is 5. The molecule has 5 rings (SSSR count). The van der Waals surface area contributed by atoms with Gasteiger partial charge in [-0.05, 0) is 42.4 Å². The van der Waals surface area contributed by atoms with Gasteiger partial charge in [0.05, 0.1) is 7.32 Å². The zero-order chi connectivity index (χ0) is 34.1. The van der Waals surface area contributed by atoms with E-state index < -0.39 is 7.32 Å². The second-order valence-corrected chi connectivity index (χ2v) is 11.1. The molecule has 0 atom stereocenters. The summed E-state index contributed by atoms with van der Waals surface area (Å²) in [6.45, 7) is 6.06. The zero-order valence-corrected chi connectivity index (χ0v) is 28.3. The highest BCUT2D eigenvalue weighted by Crippen LogP contribution is 2.42. The van der Waals surface area contributed by atoms with Crippen LogP contribution in [0.15, 0.2) is 152 Å². The first-order valence-corrected chi connectivity index (χ1v) is 16.9.